The van der Waals surface area contributed by atoms with Crippen LogP contribution in [-0.2, 0) is 21.3 Å². The number of nitrogens with one attached hydrogen (secondary N) is 2. The Balaban J connectivity index is 0.00000338. The van der Waals surface area contributed by atoms with Crippen LogP contribution < -0.4 is 10.0 Å². The summed E-state index contributed by atoms with van der Waals surface area (Å²) in [5, 5.41) is 3.11. The molecule has 148 valence electrons. The van der Waals surface area contributed by atoms with E-state index in [2.05, 4.69) is 15.0 Å². The lowest BCUT2D eigenvalue weighted by atomic mass is 10.1. The Hall–Kier alpha value is -0.910. The van der Waals surface area contributed by atoms with E-state index < -0.39 is 10.0 Å². The van der Waals surface area contributed by atoms with Crippen LogP contribution >= 0.6 is 24.0 Å². The van der Waals surface area contributed by atoms with Gasteiger partial charge in [-0.15, -0.1) is 24.0 Å². The highest BCUT2D eigenvalue weighted by molar-refractivity contribution is 14.0. The van der Waals surface area contributed by atoms with Gasteiger partial charge in [-0.1, -0.05) is 30.3 Å². The standard InChI is InChI=1S/C17H28N4O3S.HI/c1-18-17(21(2)13-16-8-10-24-14-16)19-9-11-25(22,23)20-12-15-6-4-3-5-7-15;/h3-7,16,20H,8-14H2,1-2H3,(H,18,19);1H. The number of rotatable bonds is 8. The minimum absolute atomic E-state index is 0. The largest absolute Gasteiger partial charge is 0.381 e. The van der Waals surface area contributed by atoms with Gasteiger partial charge in [-0.25, -0.2) is 13.1 Å². The van der Waals surface area contributed by atoms with Crippen LogP contribution in [0.5, 0.6) is 0 Å². The first kappa shape index (κ1) is 23.1. The number of guanidine groups is 1. The van der Waals surface area contributed by atoms with E-state index in [9.17, 15) is 8.42 Å². The number of halogens is 1. The fourth-order valence-corrected chi connectivity index (χ4v) is 3.65. The molecule has 0 amide bonds. The molecule has 26 heavy (non-hydrogen) atoms. The van der Waals surface area contributed by atoms with Gasteiger partial charge in [0, 0.05) is 46.3 Å². The molecule has 0 spiro atoms. The number of ether oxygens (including phenoxy) is 1. The molecule has 0 radical (unpaired) electrons. The Kier molecular flexibility index (Phi) is 10.4. The van der Waals surface area contributed by atoms with Gasteiger partial charge in [0.2, 0.25) is 10.0 Å². The number of sulfonamides is 1. The fraction of sp³-hybridized carbons (Fsp3) is 0.588. The zero-order valence-electron chi connectivity index (χ0n) is 15.3. The second-order valence-electron chi connectivity index (χ2n) is 6.21. The predicted molar refractivity (Wildman–Crippen MR) is 115 cm³/mol. The summed E-state index contributed by atoms with van der Waals surface area (Å²) in [6.45, 7) is 3.05. The average molecular weight is 496 g/mol. The lowest BCUT2D eigenvalue weighted by molar-refractivity contribution is 0.181. The Morgan fingerprint density at radius 3 is 2.69 bits per heavy atom. The van der Waals surface area contributed by atoms with Crippen molar-refractivity contribution in [2.24, 2.45) is 10.9 Å². The van der Waals surface area contributed by atoms with Crippen molar-refractivity contribution in [1.29, 1.82) is 0 Å². The number of hydrogen-bond donors (Lipinski definition) is 2. The molecule has 1 aromatic rings. The van der Waals surface area contributed by atoms with E-state index in [1.54, 1.807) is 7.05 Å². The minimum Gasteiger partial charge on any atom is -0.381 e. The van der Waals surface area contributed by atoms with Crippen molar-refractivity contribution in [3.63, 3.8) is 0 Å². The van der Waals surface area contributed by atoms with Crippen LogP contribution in [0, 0.1) is 5.92 Å². The molecule has 0 bridgehead atoms. The minimum atomic E-state index is -3.34. The van der Waals surface area contributed by atoms with Gasteiger partial charge in [0.05, 0.1) is 12.4 Å². The topological polar surface area (TPSA) is 83.0 Å². The third-order valence-electron chi connectivity index (χ3n) is 4.12. The molecule has 1 heterocycles. The monoisotopic (exact) mass is 496 g/mol. The van der Waals surface area contributed by atoms with Crippen molar-refractivity contribution in [3.05, 3.63) is 35.9 Å². The SMILES string of the molecule is CN=C(NCCS(=O)(=O)NCc1ccccc1)N(C)CC1CCOC1.I. The Morgan fingerprint density at radius 2 is 2.08 bits per heavy atom. The summed E-state index contributed by atoms with van der Waals surface area (Å²) in [4.78, 5) is 6.24. The summed E-state index contributed by atoms with van der Waals surface area (Å²) < 4.78 is 32.2. The molecule has 1 aliphatic rings. The number of nitrogens with zero attached hydrogens (tertiary/aromatic N) is 2. The lowest BCUT2D eigenvalue weighted by Crippen LogP contribution is -2.43. The summed E-state index contributed by atoms with van der Waals surface area (Å²) >= 11 is 0. The van der Waals surface area contributed by atoms with E-state index in [4.69, 9.17) is 4.74 Å². The molecule has 1 atom stereocenters. The lowest BCUT2D eigenvalue weighted by Gasteiger charge is -2.24. The summed E-state index contributed by atoms with van der Waals surface area (Å²) in [5.74, 6) is 1.20. The van der Waals surface area contributed by atoms with Gasteiger partial charge in [0.25, 0.3) is 0 Å². The van der Waals surface area contributed by atoms with E-state index in [1.807, 2.05) is 42.3 Å². The third kappa shape index (κ3) is 8.19. The van der Waals surface area contributed by atoms with Crippen molar-refractivity contribution in [2.45, 2.75) is 13.0 Å². The van der Waals surface area contributed by atoms with E-state index >= 15 is 0 Å². The molecule has 1 unspecified atom stereocenters. The van der Waals surface area contributed by atoms with Crippen LogP contribution in [-0.4, -0.2) is 65.4 Å². The third-order valence-corrected chi connectivity index (χ3v) is 5.45. The highest BCUT2D eigenvalue weighted by Gasteiger charge is 2.19. The number of benzene rings is 1. The maximum Gasteiger partial charge on any atom is 0.213 e. The maximum atomic E-state index is 12.1. The Morgan fingerprint density at radius 1 is 1.35 bits per heavy atom. The van der Waals surface area contributed by atoms with Crippen molar-refractivity contribution in [3.8, 4) is 0 Å². The summed E-state index contributed by atoms with van der Waals surface area (Å²) in [6.07, 6.45) is 1.05. The predicted octanol–water partition coefficient (Wildman–Crippen LogP) is 1.27. The smallest absolute Gasteiger partial charge is 0.213 e. The van der Waals surface area contributed by atoms with Crippen LogP contribution in [0.4, 0.5) is 0 Å². The van der Waals surface area contributed by atoms with E-state index in [1.165, 1.54) is 0 Å². The summed E-state index contributed by atoms with van der Waals surface area (Å²) in [5.41, 5.74) is 0.938. The van der Waals surface area contributed by atoms with Crippen molar-refractivity contribution < 1.29 is 13.2 Å². The molecule has 1 fully saturated rings. The zero-order chi connectivity index (χ0) is 18.1. The highest BCUT2D eigenvalue weighted by Crippen LogP contribution is 2.13. The summed E-state index contributed by atoms with van der Waals surface area (Å²) in [6, 6.07) is 9.47. The molecule has 2 N–H and O–H groups in total. The van der Waals surface area contributed by atoms with Crippen molar-refractivity contribution >= 4 is 40.0 Å². The van der Waals surface area contributed by atoms with Crippen molar-refractivity contribution in [2.75, 3.05) is 46.2 Å². The Labute approximate surface area is 173 Å². The van der Waals surface area contributed by atoms with Gasteiger partial charge in [-0.2, -0.15) is 0 Å². The normalized spacial score (nSPS) is 17.6. The molecule has 0 aliphatic carbocycles. The van der Waals surface area contributed by atoms with Crippen molar-refractivity contribution in [1.82, 2.24) is 14.9 Å². The van der Waals surface area contributed by atoms with E-state index in [0.29, 0.717) is 25.0 Å². The fourth-order valence-electron chi connectivity index (χ4n) is 2.74. The van der Waals surface area contributed by atoms with Crippen LogP contribution in [0.3, 0.4) is 0 Å². The molecule has 1 saturated heterocycles. The van der Waals surface area contributed by atoms with Gasteiger partial charge in [0.15, 0.2) is 5.96 Å². The van der Waals surface area contributed by atoms with E-state index in [0.717, 1.165) is 31.7 Å². The molecular weight excluding hydrogens is 467 g/mol. The van der Waals surface area contributed by atoms with Crippen LogP contribution in [0.25, 0.3) is 0 Å². The molecular formula is C17H29IN4O3S. The first-order valence-electron chi connectivity index (χ1n) is 8.51. The molecule has 0 saturated carbocycles. The second kappa shape index (κ2) is 11.7. The summed E-state index contributed by atoms with van der Waals surface area (Å²) in [7, 11) is 0.317. The molecule has 1 aliphatic heterocycles. The molecule has 7 nitrogen and oxygen atoms in total. The van der Waals surface area contributed by atoms with Gasteiger partial charge in [-0.3, -0.25) is 4.99 Å². The van der Waals surface area contributed by atoms with Gasteiger partial charge >= 0.3 is 0 Å². The van der Waals surface area contributed by atoms with Crippen LogP contribution in [0.15, 0.2) is 35.3 Å². The Bertz CT molecular complexity index is 649. The highest BCUT2D eigenvalue weighted by atomic mass is 127. The number of hydrogen-bond acceptors (Lipinski definition) is 4. The second-order valence-corrected chi connectivity index (χ2v) is 8.14. The first-order valence-corrected chi connectivity index (χ1v) is 10.2. The molecule has 9 heteroatoms. The van der Waals surface area contributed by atoms with Crippen LogP contribution in [0.2, 0.25) is 0 Å². The molecule has 0 aromatic heterocycles. The first-order chi connectivity index (χ1) is 12.0. The van der Waals surface area contributed by atoms with Gasteiger partial charge in [-0.05, 0) is 12.0 Å². The maximum absolute atomic E-state index is 12.1. The van der Waals surface area contributed by atoms with E-state index in [-0.39, 0.29) is 29.7 Å². The quantitative estimate of drug-likeness (QED) is 0.322. The van der Waals surface area contributed by atoms with Gasteiger partial charge < -0.3 is 15.0 Å². The number of aliphatic imine (C=N–C) groups is 1. The molecule has 2 rings (SSSR count). The average Bonchev–Trinajstić information content (AvgIpc) is 3.11. The van der Waals surface area contributed by atoms with Crippen LogP contribution in [0.1, 0.15) is 12.0 Å². The molecule has 1 aromatic carbocycles. The zero-order valence-corrected chi connectivity index (χ0v) is 18.5. The van der Waals surface area contributed by atoms with Gasteiger partial charge in [0.1, 0.15) is 0 Å².